The zero-order valence-corrected chi connectivity index (χ0v) is 15.7. The van der Waals surface area contributed by atoms with Gasteiger partial charge in [0.05, 0.1) is 11.6 Å². The van der Waals surface area contributed by atoms with E-state index in [1.54, 1.807) is 29.6 Å². The molecule has 0 spiro atoms. The summed E-state index contributed by atoms with van der Waals surface area (Å²) in [6.45, 7) is 0. The highest BCUT2D eigenvalue weighted by molar-refractivity contribution is 7.14. The molecule has 4 rings (SSSR count). The number of hydrogen-bond acceptors (Lipinski definition) is 5. The summed E-state index contributed by atoms with van der Waals surface area (Å²) in [4.78, 5) is 31.0. The van der Waals surface area contributed by atoms with E-state index >= 15 is 0 Å². The summed E-state index contributed by atoms with van der Waals surface area (Å²) in [5.74, 6) is -2.56. The van der Waals surface area contributed by atoms with Gasteiger partial charge in [0.15, 0.2) is 5.13 Å². The Morgan fingerprint density at radius 2 is 1.86 bits per heavy atom. The highest BCUT2D eigenvalue weighted by atomic mass is 35.5. The van der Waals surface area contributed by atoms with Crippen LogP contribution in [-0.2, 0) is 9.59 Å². The number of Topliss-reactive ketones (excluding diaryl/α,β-unsaturated/α-hetero) is 1. The number of carbonyl (C=O) groups excluding carboxylic acids is 2. The second-order valence-corrected chi connectivity index (χ2v) is 7.29. The quantitative estimate of drug-likeness (QED) is 0.387. The van der Waals surface area contributed by atoms with Gasteiger partial charge in [-0.2, -0.15) is 0 Å². The van der Waals surface area contributed by atoms with Crippen molar-refractivity contribution in [2.45, 2.75) is 6.04 Å². The largest absolute Gasteiger partial charge is 0.507 e. The molecule has 3 aromatic rings. The molecular formula is C20H12ClFN2O3S. The third-order valence-corrected chi connectivity index (χ3v) is 5.50. The van der Waals surface area contributed by atoms with Gasteiger partial charge >= 0.3 is 5.91 Å². The van der Waals surface area contributed by atoms with Gasteiger partial charge in [-0.3, -0.25) is 14.5 Å². The lowest BCUT2D eigenvalue weighted by atomic mass is 9.95. The summed E-state index contributed by atoms with van der Waals surface area (Å²) in [6.07, 6.45) is 1.52. The van der Waals surface area contributed by atoms with Crippen LogP contribution in [0.1, 0.15) is 17.2 Å². The predicted octanol–water partition coefficient (Wildman–Crippen LogP) is 4.56. The second-order valence-electron chi connectivity index (χ2n) is 6.01. The van der Waals surface area contributed by atoms with E-state index in [2.05, 4.69) is 4.98 Å². The van der Waals surface area contributed by atoms with Crippen molar-refractivity contribution in [2.75, 3.05) is 4.90 Å². The number of aliphatic hydroxyl groups excluding tert-OH is 1. The number of halogens is 2. The molecule has 1 atom stereocenters. The average Bonchev–Trinajstić information content (AvgIpc) is 3.30. The normalized spacial score (nSPS) is 18.6. The van der Waals surface area contributed by atoms with Crippen molar-refractivity contribution in [3.8, 4) is 0 Å². The van der Waals surface area contributed by atoms with Crippen molar-refractivity contribution in [1.82, 2.24) is 4.98 Å². The molecule has 1 unspecified atom stereocenters. The Morgan fingerprint density at radius 1 is 1.14 bits per heavy atom. The van der Waals surface area contributed by atoms with Crippen molar-refractivity contribution >= 4 is 45.5 Å². The van der Waals surface area contributed by atoms with Gasteiger partial charge in [-0.05, 0) is 35.9 Å². The van der Waals surface area contributed by atoms with Crippen LogP contribution >= 0.6 is 22.9 Å². The van der Waals surface area contributed by atoms with Gasteiger partial charge in [0.2, 0.25) is 0 Å². The van der Waals surface area contributed by atoms with Gasteiger partial charge in [-0.15, -0.1) is 11.3 Å². The number of hydrogen-bond donors (Lipinski definition) is 1. The molecule has 0 radical (unpaired) electrons. The van der Waals surface area contributed by atoms with Gasteiger partial charge in [0.25, 0.3) is 5.78 Å². The van der Waals surface area contributed by atoms with E-state index in [1.165, 1.54) is 34.6 Å². The molecule has 2 aromatic carbocycles. The minimum atomic E-state index is -0.954. The van der Waals surface area contributed by atoms with E-state index in [1.807, 2.05) is 0 Å². The van der Waals surface area contributed by atoms with Gasteiger partial charge in [0, 0.05) is 22.2 Å². The summed E-state index contributed by atoms with van der Waals surface area (Å²) >= 11 is 7.53. The van der Waals surface area contributed by atoms with Gasteiger partial charge in [-0.25, -0.2) is 9.37 Å². The maximum absolute atomic E-state index is 13.3. The van der Waals surface area contributed by atoms with Crippen molar-refractivity contribution in [3.63, 3.8) is 0 Å². The van der Waals surface area contributed by atoms with Crippen LogP contribution in [0.25, 0.3) is 5.76 Å². The molecule has 1 aromatic heterocycles. The van der Waals surface area contributed by atoms with Crippen LogP contribution in [0.2, 0.25) is 5.02 Å². The molecule has 0 saturated carbocycles. The number of aliphatic hydroxyl groups is 1. The van der Waals surface area contributed by atoms with Gasteiger partial charge in [0.1, 0.15) is 11.6 Å². The molecule has 0 bridgehead atoms. The van der Waals surface area contributed by atoms with E-state index in [0.29, 0.717) is 15.7 Å². The fourth-order valence-corrected chi connectivity index (χ4v) is 4.03. The molecule has 1 fully saturated rings. The fourth-order valence-electron chi connectivity index (χ4n) is 3.12. The number of carbonyl (C=O) groups is 2. The molecule has 1 aliphatic heterocycles. The first-order valence-electron chi connectivity index (χ1n) is 8.20. The lowest BCUT2D eigenvalue weighted by Crippen LogP contribution is -2.29. The Labute approximate surface area is 168 Å². The number of aromatic nitrogens is 1. The molecule has 5 nitrogen and oxygen atoms in total. The van der Waals surface area contributed by atoms with E-state index in [9.17, 15) is 19.1 Å². The minimum absolute atomic E-state index is 0.125. The second kappa shape index (κ2) is 7.18. The standard InChI is InChI=1S/C20H12ClFN2O3S/c21-14-4-2-1-3-13(14)16-15(17(25)11-5-7-12(22)8-6-11)18(26)19(27)24(16)20-23-9-10-28-20/h1-10,16,25H/b17-15-. The SMILES string of the molecule is O=C1C(=O)N(c2nccs2)C(c2ccccc2Cl)/C1=C(/O)c1ccc(F)cc1. The first-order chi connectivity index (χ1) is 13.5. The zero-order valence-electron chi connectivity index (χ0n) is 14.2. The summed E-state index contributed by atoms with van der Waals surface area (Å²) < 4.78 is 13.3. The minimum Gasteiger partial charge on any atom is -0.507 e. The lowest BCUT2D eigenvalue weighted by molar-refractivity contribution is -0.132. The zero-order chi connectivity index (χ0) is 19.8. The number of thiazole rings is 1. The first-order valence-corrected chi connectivity index (χ1v) is 9.45. The maximum atomic E-state index is 13.3. The molecule has 0 aliphatic carbocycles. The van der Waals surface area contributed by atoms with Crippen molar-refractivity contribution < 1.29 is 19.1 Å². The van der Waals surface area contributed by atoms with Crippen LogP contribution in [-0.4, -0.2) is 21.8 Å². The van der Waals surface area contributed by atoms with Crippen molar-refractivity contribution in [2.24, 2.45) is 0 Å². The predicted molar refractivity (Wildman–Crippen MR) is 105 cm³/mol. The van der Waals surface area contributed by atoms with Crippen LogP contribution in [0.4, 0.5) is 9.52 Å². The van der Waals surface area contributed by atoms with Crippen LogP contribution in [0.5, 0.6) is 0 Å². The van der Waals surface area contributed by atoms with E-state index < -0.39 is 29.3 Å². The highest BCUT2D eigenvalue weighted by Crippen LogP contribution is 2.44. The molecule has 8 heteroatoms. The van der Waals surface area contributed by atoms with Crippen LogP contribution < -0.4 is 4.90 Å². The van der Waals surface area contributed by atoms with Gasteiger partial charge in [-0.1, -0.05) is 29.8 Å². The molecule has 1 amide bonds. The smallest absolute Gasteiger partial charge is 0.301 e. The number of ketones is 1. The van der Waals surface area contributed by atoms with Gasteiger partial charge < -0.3 is 5.11 Å². The van der Waals surface area contributed by atoms with Crippen molar-refractivity contribution in [1.29, 1.82) is 0 Å². The number of rotatable bonds is 3. The monoisotopic (exact) mass is 414 g/mol. The Morgan fingerprint density at radius 3 is 2.50 bits per heavy atom. The third kappa shape index (κ3) is 2.98. The maximum Gasteiger partial charge on any atom is 0.301 e. The van der Waals surface area contributed by atoms with Crippen LogP contribution in [0.15, 0.2) is 65.7 Å². The Kier molecular flexibility index (Phi) is 4.70. The lowest BCUT2D eigenvalue weighted by Gasteiger charge is -2.23. The Balaban J connectivity index is 1.96. The molecule has 1 saturated heterocycles. The molecule has 140 valence electrons. The number of amides is 1. The van der Waals surface area contributed by atoms with Crippen LogP contribution in [0, 0.1) is 5.82 Å². The topological polar surface area (TPSA) is 70.5 Å². The summed E-state index contributed by atoms with van der Waals surface area (Å²) in [6, 6.07) is 10.8. The summed E-state index contributed by atoms with van der Waals surface area (Å²) in [7, 11) is 0. The first kappa shape index (κ1) is 18.3. The van der Waals surface area contributed by atoms with Crippen LogP contribution in [0.3, 0.4) is 0 Å². The molecule has 2 heterocycles. The van der Waals surface area contributed by atoms with E-state index in [4.69, 9.17) is 11.6 Å². The number of nitrogens with zero attached hydrogens (tertiary/aromatic N) is 2. The Hall–Kier alpha value is -3.03. The average molecular weight is 415 g/mol. The fraction of sp³-hybridized carbons (Fsp3) is 0.0500. The molecular weight excluding hydrogens is 403 g/mol. The van der Waals surface area contributed by atoms with E-state index in [0.717, 1.165) is 12.1 Å². The third-order valence-electron chi connectivity index (χ3n) is 4.39. The highest BCUT2D eigenvalue weighted by Gasteiger charge is 2.48. The van der Waals surface area contributed by atoms with Crippen molar-refractivity contribution in [3.05, 3.63) is 87.6 Å². The number of benzene rings is 2. The molecule has 28 heavy (non-hydrogen) atoms. The van der Waals surface area contributed by atoms with E-state index in [-0.39, 0.29) is 11.1 Å². The summed E-state index contributed by atoms with van der Waals surface area (Å²) in [5, 5.41) is 13.2. The Bertz CT molecular complexity index is 1100. The molecule has 1 aliphatic rings. The molecule has 1 N–H and O–H groups in total. The number of anilines is 1. The summed E-state index contributed by atoms with van der Waals surface area (Å²) in [5.41, 5.74) is 0.567.